The first kappa shape index (κ1) is 29.5. The Bertz CT molecular complexity index is 1460. The smallest absolute Gasteiger partial charge is 0.416 e. The van der Waals surface area contributed by atoms with Crippen molar-refractivity contribution in [3.63, 3.8) is 0 Å². The summed E-state index contributed by atoms with van der Waals surface area (Å²) in [6, 6.07) is 7.95. The van der Waals surface area contributed by atoms with E-state index < -0.39 is 41.7 Å². The summed E-state index contributed by atoms with van der Waals surface area (Å²) in [7, 11) is 1.50. The highest BCUT2D eigenvalue weighted by Crippen LogP contribution is 2.36. The van der Waals surface area contributed by atoms with Crippen LogP contribution in [-0.2, 0) is 27.5 Å². The van der Waals surface area contributed by atoms with E-state index >= 15 is 0 Å². The van der Waals surface area contributed by atoms with Crippen molar-refractivity contribution in [3.8, 4) is 11.4 Å². The lowest BCUT2D eigenvalue weighted by Crippen LogP contribution is -2.36. The number of hydrogen-bond donors (Lipinski definition) is 3. The Morgan fingerprint density at radius 2 is 1.76 bits per heavy atom. The van der Waals surface area contributed by atoms with Crippen LogP contribution >= 0.6 is 0 Å². The number of aryl methyl sites for hydroxylation is 2. The number of rotatable bonds is 7. The van der Waals surface area contributed by atoms with E-state index in [0.717, 1.165) is 18.9 Å². The first-order valence-electron chi connectivity index (χ1n) is 12.9. The van der Waals surface area contributed by atoms with Gasteiger partial charge in [-0.2, -0.15) is 13.2 Å². The molecule has 3 atom stereocenters. The SMILES string of the molecule is Cc1nc(-c2nnn(C)c2NC(=O)O[C@H](C)c2ccccc2C(F)(F)F)ccc1NC(=O)C1CCCCC1C(=O)O. The number of nitrogens with one attached hydrogen (secondary N) is 2. The van der Waals surface area contributed by atoms with Crippen LogP contribution in [0.4, 0.5) is 29.5 Å². The van der Waals surface area contributed by atoms with Gasteiger partial charge >= 0.3 is 18.2 Å². The number of hydrogen-bond acceptors (Lipinski definition) is 7. The summed E-state index contributed by atoms with van der Waals surface area (Å²) in [6.45, 7) is 2.97. The maximum absolute atomic E-state index is 13.4. The Hall–Kier alpha value is -4.49. The molecule has 1 aromatic carbocycles. The molecule has 1 saturated carbocycles. The van der Waals surface area contributed by atoms with Gasteiger partial charge in [0.05, 0.1) is 34.5 Å². The van der Waals surface area contributed by atoms with Crippen molar-refractivity contribution in [2.45, 2.75) is 51.8 Å². The van der Waals surface area contributed by atoms with Gasteiger partial charge in [-0.25, -0.2) is 14.5 Å². The molecule has 0 radical (unpaired) electrons. The summed E-state index contributed by atoms with van der Waals surface area (Å²) in [4.78, 5) is 41.6. The lowest BCUT2D eigenvalue weighted by Gasteiger charge is -2.27. The molecule has 11 nitrogen and oxygen atoms in total. The zero-order valence-electron chi connectivity index (χ0n) is 22.5. The number of carbonyl (C=O) groups excluding carboxylic acids is 2. The molecule has 0 saturated heterocycles. The Balaban J connectivity index is 1.48. The second-order valence-electron chi connectivity index (χ2n) is 9.82. The number of alkyl halides is 3. The summed E-state index contributed by atoms with van der Waals surface area (Å²) in [5, 5.41) is 22.7. The molecule has 2 heterocycles. The van der Waals surface area contributed by atoms with E-state index in [1.54, 1.807) is 19.1 Å². The summed E-state index contributed by atoms with van der Waals surface area (Å²) < 4.78 is 46.6. The molecule has 2 amide bonds. The molecule has 1 aliphatic rings. The number of carbonyl (C=O) groups is 3. The number of anilines is 2. The molecule has 218 valence electrons. The normalized spacial score (nSPS) is 17.9. The molecule has 0 aliphatic heterocycles. The highest BCUT2D eigenvalue weighted by atomic mass is 19.4. The number of pyridine rings is 1. The molecule has 3 aromatic rings. The van der Waals surface area contributed by atoms with Crippen molar-refractivity contribution in [1.29, 1.82) is 0 Å². The van der Waals surface area contributed by atoms with Crippen LogP contribution in [0, 0.1) is 18.8 Å². The molecule has 3 N–H and O–H groups in total. The molecular weight excluding hydrogens is 545 g/mol. The van der Waals surface area contributed by atoms with E-state index in [4.69, 9.17) is 4.74 Å². The maximum atomic E-state index is 13.4. The van der Waals surface area contributed by atoms with Gasteiger partial charge in [0.25, 0.3) is 0 Å². The minimum absolute atomic E-state index is 0.0847. The minimum atomic E-state index is -4.62. The van der Waals surface area contributed by atoms with Crippen LogP contribution in [0.5, 0.6) is 0 Å². The molecule has 4 rings (SSSR count). The van der Waals surface area contributed by atoms with Crippen LogP contribution < -0.4 is 10.6 Å². The fourth-order valence-corrected chi connectivity index (χ4v) is 4.92. The lowest BCUT2D eigenvalue weighted by molar-refractivity contribution is -0.147. The predicted octanol–water partition coefficient (Wildman–Crippen LogP) is 5.34. The molecule has 14 heteroatoms. The van der Waals surface area contributed by atoms with Crippen LogP contribution in [0.1, 0.15) is 55.5 Å². The number of nitrogens with zero attached hydrogens (tertiary/aromatic N) is 4. The highest BCUT2D eigenvalue weighted by molar-refractivity contribution is 5.96. The first-order valence-corrected chi connectivity index (χ1v) is 12.9. The maximum Gasteiger partial charge on any atom is 0.416 e. The Kier molecular flexibility index (Phi) is 8.59. The topological polar surface area (TPSA) is 148 Å². The molecule has 1 aliphatic carbocycles. The number of carboxylic acid groups (broad SMARTS) is 1. The van der Waals surface area contributed by atoms with Gasteiger partial charge < -0.3 is 15.2 Å². The van der Waals surface area contributed by atoms with Gasteiger partial charge in [-0.05, 0) is 44.9 Å². The van der Waals surface area contributed by atoms with Gasteiger partial charge in [0.1, 0.15) is 6.10 Å². The van der Waals surface area contributed by atoms with Crippen molar-refractivity contribution in [2.24, 2.45) is 18.9 Å². The number of amides is 2. The van der Waals surface area contributed by atoms with E-state index in [1.165, 1.54) is 36.9 Å². The number of carboxylic acids is 1. The minimum Gasteiger partial charge on any atom is -0.481 e. The van der Waals surface area contributed by atoms with Gasteiger partial charge in [0.2, 0.25) is 5.91 Å². The second kappa shape index (κ2) is 11.9. The fraction of sp³-hybridized carbons (Fsp3) is 0.407. The van der Waals surface area contributed by atoms with Gasteiger partial charge in [0.15, 0.2) is 11.5 Å². The van der Waals surface area contributed by atoms with E-state index in [0.29, 0.717) is 29.9 Å². The molecule has 1 fully saturated rings. The van der Waals surface area contributed by atoms with E-state index in [1.807, 2.05) is 0 Å². The van der Waals surface area contributed by atoms with Gasteiger partial charge in [-0.3, -0.25) is 14.9 Å². The molecule has 41 heavy (non-hydrogen) atoms. The Labute approximate surface area is 233 Å². The third-order valence-electron chi connectivity index (χ3n) is 7.04. The van der Waals surface area contributed by atoms with Crippen LogP contribution in [0.15, 0.2) is 36.4 Å². The van der Waals surface area contributed by atoms with Crippen LogP contribution in [-0.4, -0.2) is 43.1 Å². The van der Waals surface area contributed by atoms with Gasteiger partial charge in [-0.15, -0.1) is 5.10 Å². The third-order valence-corrected chi connectivity index (χ3v) is 7.04. The van der Waals surface area contributed by atoms with Crippen molar-refractivity contribution in [1.82, 2.24) is 20.0 Å². The molecule has 0 bridgehead atoms. The average Bonchev–Trinajstić information content (AvgIpc) is 3.28. The standard InChI is InChI=1S/C27H29F3N6O5/c1-14-20(32-24(37)17-9-4-5-10-18(17)25(38)39)12-13-21(31-14)22-23(36(3)35-34-22)33-26(40)41-15(2)16-8-6-7-11-19(16)27(28,29)30/h6-8,11-13,15,17-18H,4-5,9-10H2,1-3H3,(H,32,37)(H,33,40)(H,38,39)/t15-,17?,18?/m1/s1. The summed E-state index contributed by atoms with van der Waals surface area (Å²) in [5.41, 5.74) is 0.152. The van der Waals surface area contributed by atoms with Gasteiger partial charge in [-0.1, -0.05) is 36.3 Å². The summed E-state index contributed by atoms with van der Waals surface area (Å²) >= 11 is 0. The fourth-order valence-electron chi connectivity index (χ4n) is 4.92. The highest BCUT2D eigenvalue weighted by Gasteiger charge is 2.36. The lowest BCUT2D eigenvalue weighted by atomic mass is 9.78. The third kappa shape index (κ3) is 6.64. The second-order valence-corrected chi connectivity index (χ2v) is 9.82. The van der Waals surface area contributed by atoms with Crippen molar-refractivity contribution >= 4 is 29.5 Å². The van der Waals surface area contributed by atoms with Gasteiger partial charge in [0, 0.05) is 12.6 Å². The van der Waals surface area contributed by atoms with E-state index in [-0.39, 0.29) is 23.0 Å². The molecular formula is C27H29F3N6O5. The zero-order chi connectivity index (χ0) is 29.9. The number of ether oxygens (including phenoxy) is 1. The Morgan fingerprint density at radius 3 is 2.41 bits per heavy atom. The number of aliphatic carboxylic acids is 1. The van der Waals surface area contributed by atoms with Crippen molar-refractivity contribution in [3.05, 3.63) is 53.2 Å². The summed E-state index contributed by atoms with van der Waals surface area (Å²) in [5.74, 6) is -2.68. The predicted molar refractivity (Wildman–Crippen MR) is 141 cm³/mol. The Morgan fingerprint density at radius 1 is 1.07 bits per heavy atom. The molecule has 0 spiro atoms. The number of halogens is 3. The molecule has 2 aromatic heterocycles. The zero-order valence-corrected chi connectivity index (χ0v) is 22.5. The quantitative estimate of drug-likeness (QED) is 0.342. The van der Waals surface area contributed by atoms with Crippen LogP contribution in [0.25, 0.3) is 11.4 Å². The van der Waals surface area contributed by atoms with Crippen molar-refractivity contribution in [2.75, 3.05) is 10.6 Å². The number of benzene rings is 1. The van der Waals surface area contributed by atoms with Crippen LogP contribution in [0.2, 0.25) is 0 Å². The monoisotopic (exact) mass is 574 g/mol. The van der Waals surface area contributed by atoms with Crippen LogP contribution in [0.3, 0.4) is 0 Å². The van der Waals surface area contributed by atoms with E-state index in [2.05, 4.69) is 25.9 Å². The largest absolute Gasteiger partial charge is 0.481 e. The van der Waals surface area contributed by atoms with Crippen molar-refractivity contribution < 1.29 is 37.4 Å². The summed E-state index contributed by atoms with van der Waals surface area (Å²) in [6.07, 6.45) is -4.39. The number of aromatic nitrogens is 4. The first-order chi connectivity index (χ1) is 19.4. The van der Waals surface area contributed by atoms with E-state index in [9.17, 15) is 32.7 Å². The molecule has 2 unspecified atom stereocenters. The average molecular weight is 575 g/mol.